The van der Waals surface area contributed by atoms with Crippen LogP contribution in [0.15, 0.2) is 72.8 Å². The number of aromatic hydroxyl groups is 2. The summed E-state index contributed by atoms with van der Waals surface area (Å²) in [5.74, 6) is 0.852. The van der Waals surface area contributed by atoms with Crippen molar-refractivity contribution in [3.8, 4) is 45.4 Å². The molecule has 0 fully saturated rings. The number of fused-ring (bicyclic) bond motifs is 1. The van der Waals surface area contributed by atoms with Gasteiger partial charge in [-0.2, -0.15) is 0 Å². The van der Waals surface area contributed by atoms with E-state index in [2.05, 4.69) is 22.1 Å². The van der Waals surface area contributed by atoms with Gasteiger partial charge in [0.2, 0.25) is 0 Å². The lowest BCUT2D eigenvalue weighted by Gasteiger charge is -2.13. The summed E-state index contributed by atoms with van der Waals surface area (Å²) in [7, 11) is 12.0. The van der Waals surface area contributed by atoms with Gasteiger partial charge in [0.1, 0.15) is 27.3 Å². The zero-order chi connectivity index (χ0) is 23.1. The molecule has 5 nitrogen and oxygen atoms in total. The minimum atomic E-state index is -0.427. The molecular weight excluding hydrogens is 408 g/mol. The minimum Gasteiger partial charge on any atom is -0.505 e. The number of hydrogen-bond acceptors (Lipinski definition) is 5. The van der Waals surface area contributed by atoms with Crippen molar-refractivity contribution in [1.29, 1.82) is 0 Å². The highest BCUT2D eigenvalue weighted by atomic mass is 16.3. The van der Waals surface area contributed by atoms with Gasteiger partial charge in [-0.15, -0.1) is 0 Å². The molecule has 5 aromatic rings. The predicted octanol–water partition coefficient (Wildman–Crippen LogP) is 3.33. The van der Waals surface area contributed by atoms with E-state index in [0.29, 0.717) is 33.8 Å². The Balaban J connectivity index is 1.63. The highest BCUT2D eigenvalue weighted by Gasteiger charge is 2.15. The van der Waals surface area contributed by atoms with Crippen molar-refractivity contribution in [3.05, 3.63) is 78.6 Å². The van der Waals surface area contributed by atoms with Gasteiger partial charge < -0.3 is 10.2 Å². The first kappa shape index (κ1) is 20.8. The largest absolute Gasteiger partial charge is 0.505 e. The maximum Gasteiger partial charge on any atom is 0.164 e. The van der Waals surface area contributed by atoms with Crippen LogP contribution in [0.25, 0.3) is 44.7 Å². The molecule has 33 heavy (non-hydrogen) atoms. The summed E-state index contributed by atoms with van der Waals surface area (Å²) in [4.78, 5) is 13.7. The molecule has 0 amide bonds. The Morgan fingerprint density at radius 2 is 1.21 bits per heavy atom. The van der Waals surface area contributed by atoms with Crippen LogP contribution in [0.1, 0.15) is 5.82 Å². The van der Waals surface area contributed by atoms with Crippen molar-refractivity contribution >= 4 is 37.4 Å². The first-order valence-electron chi connectivity index (χ1n) is 10.3. The number of hydrogen-bond donors (Lipinski definition) is 2. The molecule has 0 aliphatic rings. The van der Waals surface area contributed by atoms with Crippen LogP contribution in [-0.4, -0.2) is 40.9 Å². The SMILES string of the molecule is [B]c1c(O)c(O)c2ccc(-c3nc(C)nc(-c4cccc(-c5ccccc5)c4)n3)cc2c1[B]. The number of benzene rings is 4. The van der Waals surface area contributed by atoms with Crippen LogP contribution in [-0.2, 0) is 0 Å². The lowest BCUT2D eigenvalue weighted by molar-refractivity contribution is 0.411. The van der Waals surface area contributed by atoms with Crippen molar-refractivity contribution in [1.82, 2.24) is 15.0 Å². The molecule has 0 unspecified atom stereocenters. The summed E-state index contributed by atoms with van der Waals surface area (Å²) in [6, 6.07) is 23.3. The number of rotatable bonds is 3. The van der Waals surface area contributed by atoms with Crippen LogP contribution in [0.3, 0.4) is 0 Å². The number of phenols is 2. The van der Waals surface area contributed by atoms with E-state index in [1.807, 2.05) is 49.4 Å². The van der Waals surface area contributed by atoms with E-state index in [9.17, 15) is 10.2 Å². The molecule has 5 rings (SSSR count). The fraction of sp³-hybridized carbons (Fsp3) is 0.0385. The van der Waals surface area contributed by atoms with Crippen molar-refractivity contribution in [2.24, 2.45) is 0 Å². The molecule has 0 aliphatic heterocycles. The maximum absolute atomic E-state index is 10.3. The summed E-state index contributed by atoms with van der Waals surface area (Å²) in [6.45, 7) is 1.81. The number of phenolic OH excluding ortho intramolecular Hbond substituents is 2. The Labute approximate surface area is 193 Å². The first-order valence-corrected chi connectivity index (χ1v) is 10.3. The Hall–Kier alpha value is -4.12. The fourth-order valence-corrected chi connectivity index (χ4v) is 3.85. The minimum absolute atomic E-state index is 0.0672. The lowest BCUT2D eigenvalue weighted by atomic mass is 9.76. The van der Waals surface area contributed by atoms with E-state index in [1.165, 1.54) is 0 Å². The molecule has 1 heterocycles. The van der Waals surface area contributed by atoms with Crippen LogP contribution < -0.4 is 10.9 Å². The van der Waals surface area contributed by atoms with Gasteiger partial charge in [-0.05, 0) is 41.6 Å². The third-order valence-electron chi connectivity index (χ3n) is 5.57. The molecule has 0 spiro atoms. The molecule has 2 N–H and O–H groups in total. The van der Waals surface area contributed by atoms with Crippen LogP contribution in [0.2, 0.25) is 0 Å². The van der Waals surface area contributed by atoms with E-state index in [-0.39, 0.29) is 16.7 Å². The average molecular weight is 425 g/mol. The van der Waals surface area contributed by atoms with Gasteiger partial charge in [-0.25, -0.2) is 15.0 Å². The molecule has 0 aliphatic carbocycles. The van der Waals surface area contributed by atoms with E-state index in [4.69, 9.17) is 20.7 Å². The zero-order valence-electron chi connectivity index (χ0n) is 17.8. The third kappa shape index (κ3) is 3.72. The quantitative estimate of drug-likeness (QED) is 0.343. The van der Waals surface area contributed by atoms with E-state index >= 15 is 0 Å². The van der Waals surface area contributed by atoms with E-state index in [1.54, 1.807) is 18.2 Å². The second-order valence-corrected chi connectivity index (χ2v) is 7.76. The van der Waals surface area contributed by atoms with Crippen LogP contribution in [0.5, 0.6) is 11.5 Å². The molecule has 0 atom stereocenters. The van der Waals surface area contributed by atoms with Crippen LogP contribution >= 0.6 is 0 Å². The van der Waals surface area contributed by atoms with Crippen LogP contribution in [0.4, 0.5) is 0 Å². The maximum atomic E-state index is 10.3. The van der Waals surface area contributed by atoms with E-state index < -0.39 is 5.75 Å². The number of aromatic nitrogens is 3. The molecule has 0 saturated carbocycles. The van der Waals surface area contributed by atoms with Gasteiger partial charge in [0.05, 0.1) is 0 Å². The van der Waals surface area contributed by atoms with Crippen molar-refractivity contribution in [2.45, 2.75) is 6.92 Å². The molecule has 4 aromatic carbocycles. The van der Waals surface area contributed by atoms with Gasteiger partial charge in [-0.3, -0.25) is 0 Å². The number of nitrogens with zero attached hydrogens (tertiary/aromatic N) is 3. The Bertz CT molecular complexity index is 1520. The smallest absolute Gasteiger partial charge is 0.164 e. The second kappa shape index (κ2) is 8.10. The zero-order valence-corrected chi connectivity index (χ0v) is 17.8. The summed E-state index contributed by atoms with van der Waals surface area (Å²) in [6.07, 6.45) is 0. The molecule has 0 saturated heterocycles. The topological polar surface area (TPSA) is 79.1 Å². The fourth-order valence-electron chi connectivity index (χ4n) is 3.85. The molecular formula is C26H17B2N3O2. The normalized spacial score (nSPS) is 11.1. The summed E-state index contributed by atoms with van der Waals surface area (Å²) >= 11 is 0. The molecule has 1 aromatic heterocycles. The van der Waals surface area contributed by atoms with Gasteiger partial charge in [0.15, 0.2) is 17.4 Å². The van der Waals surface area contributed by atoms with Gasteiger partial charge in [0.25, 0.3) is 0 Å². The van der Waals surface area contributed by atoms with Gasteiger partial charge >= 0.3 is 0 Å². The predicted molar refractivity (Wildman–Crippen MR) is 132 cm³/mol. The second-order valence-electron chi connectivity index (χ2n) is 7.76. The molecule has 7 heteroatoms. The monoisotopic (exact) mass is 425 g/mol. The first-order chi connectivity index (χ1) is 15.9. The summed E-state index contributed by atoms with van der Waals surface area (Å²) in [5, 5.41) is 21.1. The van der Waals surface area contributed by atoms with Crippen LogP contribution in [0, 0.1) is 6.92 Å². The standard InChI is InChI=1S/C26H17B2N3O2/c1-14-29-25(17-9-5-8-16(12-17)15-6-3-2-4-7-15)31-26(30-14)18-10-11-19-20(13-18)21(27)22(28)24(33)23(19)32/h2-13,32-33H,1H3. The average Bonchev–Trinajstić information content (AvgIpc) is 2.86. The highest BCUT2D eigenvalue weighted by molar-refractivity contribution is 6.54. The van der Waals surface area contributed by atoms with Crippen molar-refractivity contribution in [2.75, 3.05) is 0 Å². The summed E-state index contributed by atoms with van der Waals surface area (Å²) in [5.41, 5.74) is 3.85. The lowest BCUT2D eigenvalue weighted by Crippen LogP contribution is -2.26. The molecule has 4 radical (unpaired) electrons. The third-order valence-corrected chi connectivity index (χ3v) is 5.57. The number of aryl methyl sites for hydroxylation is 1. The van der Waals surface area contributed by atoms with E-state index in [0.717, 1.165) is 16.7 Å². The summed E-state index contributed by atoms with van der Waals surface area (Å²) < 4.78 is 0. The van der Waals surface area contributed by atoms with Crippen molar-refractivity contribution in [3.63, 3.8) is 0 Å². The Morgan fingerprint density at radius 3 is 1.94 bits per heavy atom. The van der Waals surface area contributed by atoms with Crippen molar-refractivity contribution < 1.29 is 10.2 Å². The van der Waals surface area contributed by atoms with Gasteiger partial charge in [-0.1, -0.05) is 65.5 Å². The molecule has 154 valence electrons. The molecule has 0 bridgehead atoms. The van der Waals surface area contributed by atoms with Gasteiger partial charge in [0, 0.05) is 16.5 Å². The Morgan fingerprint density at radius 1 is 0.576 bits per heavy atom. The Kier molecular flexibility index (Phi) is 5.09. The highest BCUT2D eigenvalue weighted by Crippen LogP contribution is 2.33.